The molecule has 0 amide bonds. The van der Waals surface area contributed by atoms with E-state index in [2.05, 4.69) is 32.3 Å². The zero-order valence-electron chi connectivity index (χ0n) is 11.0. The number of nitro groups is 1. The summed E-state index contributed by atoms with van der Waals surface area (Å²) in [5, 5.41) is 13.8. The van der Waals surface area contributed by atoms with Gasteiger partial charge in [-0.05, 0) is 17.7 Å². The Kier molecular flexibility index (Phi) is 3.74. The van der Waals surface area contributed by atoms with Crippen molar-refractivity contribution in [1.82, 2.24) is 4.98 Å². The second kappa shape index (κ2) is 5.69. The van der Waals surface area contributed by atoms with Gasteiger partial charge in [-0.2, -0.15) is 0 Å². The van der Waals surface area contributed by atoms with Crippen LogP contribution in [0, 0.1) is 10.1 Å². The van der Waals surface area contributed by atoms with Gasteiger partial charge in [0.25, 0.3) is 5.69 Å². The topological polar surface area (TPSA) is 77.3 Å². The molecule has 1 aliphatic rings. The van der Waals surface area contributed by atoms with Crippen LogP contribution in [-0.2, 0) is 13.0 Å². The van der Waals surface area contributed by atoms with E-state index in [1.165, 1.54) is 23.9 Å². The predicted octanol–water partition coefficient (Wildman–Crippen LogP) is 3.30. The van der Waals surface area contributed by atoms with Crippen LogP contribution in [0.2, 0.25) is 0 Å². The summed E-state index contributed by atoms with van der Waals surface area (Å²) in [6.07, 6.45) is 2.32. The average molecular weight is 350 g/mol. The summed E-state index contributed by atoms with van der Waals surface area (Å²) < 4.78 is 6.64. The van der Waals surface area contributed by atoms with Gasteiger partial charge in [0.15, 0.2) is 0 Å². The first kappa shape index (κ1) is 13.8. The molecule has 0 spiro atoms. The second-order valence-corrected chi connectivity index (χ2v) is 5.58. The lowest BCUT2D eigenvalue weighted by Gasteiger charge is -2.10. The van der Waals surface area contributed by atoms with E-state index < -0.39 is 4.92 Å². The molecular formula is C14H12BrN3O3. The van der Waals surface area contributed by atoms with E-state index in [9.17, 15) is 10.1 Å². The largest absolute Gasteiger partial charge is 0.493 e. The quantitative estimate of drug-likeness (QED) is 0.676. The van der Waals surface area contributed by atoms with Gasteiger partial charge in [0.2, 0.25) is 0 Å². The lowest BCUT2D eigenvalue weighted by atomic mass is 10.1. The molecule has 2 aromatic rings. The maximum atomic E-state index is 10.7. The number of halogens is 1. The van der Waals surface area contributed by atoms with E-state index in [4.69, 9.17) is 4.74 Å². The predicted molar refractivity (Wildman–Crippen MR) is 81.6 cm³/mol. The van der Waals surface area contributed by atoms with E-state index in [-0.39, 0.29) is 5.69 Å². The first-order chi connectivity index (χ1) is 10.1. The highest BCUT2D eigenvalue weighted by Gasteiger charge is 2.17. The van der Waals surface area contributed by atoms with Crippen LogP contribution in [0.25, 0.3) is 0 Å². The molecule has 0 saturated carbocycles. The minimum atomic E-state index is -0.438. The maximum Gasteiger partial charge on any atom is 0.274 e. The van der Waals surface area contributed by atoms with Crippen molar-refractivity contribution in [3.63, 3.8) is 0 Å². The summed E-state index contributed by atoms with van der Waals surface area (Å²) in [4.78, 5) is 14.4. The van der Waals surface area contributed by atoms with Crippen LogP contribution in [0.3, 0.4) is 0 Å². The Morgan fingerprint density at radius 3 is 3.10 bits per heavy atom. The Labute approximate surface area is 129 Å². The highest BCUT2D eigenvalue weighted by Crippen LogP contribution is 2.33. The normalized spacial score (nSPS) is 12.6. The van der Waals surface area contributed by atoms with Crippen molar-refractivity contribution in [3.05, 3.63) is 56.2 Å². The molecule has 1 aromatic heterocycles. The molecule has 0 fully saturated rings. The first-order valence-electron chi connectivity index (χ1n) is 6.42. The van der Waals surface area contributed by atoms with Crippen molar-refractivity contribution in [2.75, 3.05) is 11.9 Å². The molecule has 21 heavy (non-hydrogen) atoms. The number of aromatic nitrogens is 1. The third kappa shape index (κ3) is 2.97. The molecule has 2 heterocycles. The van der Waals surface area contributed by atoms with E-state index in [0.29, 0.717) is 19.0 Å². The zero-order valence-corrected chi connectivity index (χ0v) is 12.6. The van der Waals surface area contributed by atoms with Gasteiger partial charge in [0.05, 0.1) is 17.6 Å². The molecule has 6 nitrogen and oxygen atoms in total. The molecule has 0 bridgehead atoms. The number of nitrogens with zero attached hydrogens (tertiary/aromatic N) is 2. The minimum Gasteiger partial charge on any atom is -0.493 e. The second-order valence-electron chi connectivity index (χ2n) is 4.66. The van der Waals surface area contributed by atoms with Crippen molar-refractivity contribution in [2.24, 2.45) is 0 Å². The molecule has 7 heteroatoms. The molecule has 0 radical (unpaired) electrons. The fourth-order valence-corrected chi connectivity index (χ4v) is 2.85. The molecule has 1 N–H and O–H groups in total. The molecular weight excluding hydrogens is 338 g/mol. The van der Waals surface area contributed by atoms with Gasteiger partial charge in [0, 0.05) is 35.3 Å². The number of rotatable bonds is 4. The maximum absolute atomic E-state index is 10.7. The van der Waals surface area contributed by atoms with Crippen molar-refractivity contribution in [3.8, 4) is 5.75 Å². The number of hydrogen-bond donors (Lipinski definition) is 1. The lowest BCUT2D eigenvalue weighted by Crippen LogP contribution is -2.03. The fraction of sp³-hybridized carbons (Fsp3) is 0.214. The number of pyridine rings is 1. The molecule has 1 aliphatic heterocycles. The summed E-state index contributed by atoms with van der Waals surface area (Å²) >= 11 is 3.48. The zero-order chi connectivity index (χ0) is 14.8. The SMILES string of the molecule is O=[N+]([O-])c1ccnc(NCc2cc(Br)cc3c2OCC3)c1. The van der Waals surface area contributed by atoms with E-state index >= 15 is 0 Å². The van der Waals surface area contributed by atoms with Gasteiger partial charge in [0.1, 0.15) is 11.6 Å². The first-order valence-corrected chi connectivity index (χ1v) is 7.21. The van der Waals surface area contributed by atoms with Crippen LogP contribution in [0.15, 0.2) is 34.9 Å². The molecule has 108 valence electrons. The standard InChI is InChI=1S/C14H12BrN3O3/c15-11-5-9-2-4-21-14(9)10(6-11)8-17-13-7-12(18(19)20)1-3-16-13/h1,3,5-7H,2,4,8H2,(H,16,17). The van der Waals surface area contributed by atoms with Gasteiger partial charge in [-0.1, -0.05) is 15.9 Å². The van der Waals surface area contributed by atoms with Crippen LogP contribution in [0.4, 0.5) is 11.5 Å². The Hall–Kier alpha value is -2.15. The third-order valence-electron chi connectivity index (χ3n) is 3.24. The van der Waals surface area contributed by atoms with Crippen LogP contribution in [-0.4, -0.2) is 16.5 Å². The summed E-state index contributed by atoms with van der Waals surface area (Å²) in [6.45, 7) is 1.18. The van der Waals surface area contributed by atoms with E-state index in [1.54, 1.807) is 0 Å². The van der Waals surface area contributed by atoms with Crippen molar-refractivity contribution >= 4 is 27.4 Å². The van der Waals surface area contributed by atoms with Crippen molar-refractivity contribution < 1.29 is 9.66 Å². The molecule has 0 atom stereocenters. The Bertz CT molecular complexity index is 706. The molecule has 3 rings (SSSR count). The molecule has 0 unspecified atom stereocenters. The van der Waals surface area contributed by atoms with Crippen molar-refractivity contribution in [1.29, 1.82) is 0 Å². The van der Waals surface area contributed by atoms with Crippen LogP contribution < -0.4 is 10.1 Å². The van der Waals surface area contributed by atoms with Gasteiger partial charge in [-0.3, -0.25) is 10.1 Å². The number of hydrogen-bond acceptors (Lipinski definition) is 5. The highest BCUT2D eigenvalue weighted by molar-refractivity contribution is 9.10. The fourth-order valence-electron chi connectivity index (χ4n) is 2.29. The Morgan fingerprint density at radius 2 is 2.29 bits per heavy atom. The molecule has 0 aliphatic carbocycles. The average Bonchev–Trinajstić information content (AvgIpc) is 2.93. The van der Waals surface area contributed by atoms with Gasteiger partial charge >= 0.3 is 0 Å². The van der Waals surface area contributed by atoms with Crippen LogP contribution in [0.1, 0.15) is 11.1 Å². The number of nitrogens with one attached hydrogen (secondary N) is 1. The molecule has 0 saturated heterocycles. The number of anilines is 1. The monoisotopic (exact) mass is 349 g/mol. The van der Waals surface area contributed by atoms with E-state index in [0.717, 1.165) is 22.2 Å². The summed E-state index contributed by atoms with van der Waals surface area (Å²) in [5.74, 6) is 1.37. The highest BCUT2D eigenvalue weighted by atomic mass is 79.9. The van der Waals surface area contributed by atoms with Gasteiger partial charge in [-0.25, -0.2) is 4.98 Å². The smallest absolute Gasteiger partial charge is 0.274 e. The summed E-state index contributed by atoms with van der Waals surface area (Å²) in [7, 11) is 0. The molecule has 1 aromatic carbocycles. The van der Waals surface area contributed by atoms with Gasteiger partial charge in [-0.15, -0.1) is 0 Å². The van der Waals surface area contributed by atoms with E-state index in [1.807, 2.05) is 6.07 Å². The van der Waals surface area contributed by atoms with Crippen molar-refractivity contribution in [2.45, 2.75) is 13.0 Å². The number of benzene rings is 1. The summed E-state index contributed by atoms with van der Waals surface area (Å²) in [5.41, 5.74) is 2.20. The van der Waals surface area contributed by atoms with Gasteiger partial charge < -0.3 is 10.1 Å². The minimum absolute atomic E-state index is 0.0169. The number of ether oxygens (including phenoxy) is 1. The third-order valence-corrected chi connectivity index (χ3v) is 3.70. The Balaban J connectivity index is 1.79. The van der Waals surface area contributed by atoms with Crippen LogP contribution >= 0.6 is 15.9 Å². The Morgan fingerprint density at radius 1 is 1.43 bits per heavy atom. The number of fused-ring (bicyclic) bond motifs is 1. The lowest BCUT2D eigenvalue weighted by molar-refractivity contribution is -0.384. The van der Waals surface area contributed by atoms with Crippen LogP contribution in [0.5, 0.6) is 5.75 Å². The summed E-state index contributed by atoms with van der Waals surface area (Å²) in [6, 6.07) is 6.82.